The first kappa shape index (κ1) is 17.3. The van der Waals surface area contributed by atoms with Gasteiger partial charge < -0.3 is 21.1 Å². The SMILES string of the molecule is COc1ncccc1CNC(=O)C[C@@H](NC(N)=O)c1ccccc1. The minimum atomic E-state index is -0.675. The Labute approximate surface area is 140 Å². The van der Waals surface area contributed by atoms with Crippen LogP contribution in [0.15, 0.2) is 48.7 Å². The van der Waals surface area contributed by atoms with Gasteiger partial charge in [0.1, 0.15) is 0 Å². The van der Waals surface area contributed by atoms with Crippen LogP contribution in [-0.4, -0.2) is 24.0 Å². The molecule has 0 fully saturated rings. The average Bonchev–Trinajstić information content (AvgIpc) is 2.60. The normalized spacial score (nSPS) is 11.4. The van der Waals surface area contributed by atoms with Crippen molar-refractivity contribution in [3.63, 3.8) is 0 Å². The molecule has 0 aliphatic rings. The first-order valence-corrected chi connectivity index (χ1v) is 7.45. The molecule has 4 N–H and O–H groups in total. The molecule has 0 unspecified atom stereocenters. The largest absolute Gasteiger partial charge is 0.481 e. The molecule has 0 aliphatic heterocycles. The highest BCUT2D eigenvalue weighted by Crippen LogP contribution is 2.17. The van der Waals surface area contributed by atoms with E-state index in [1.54, 1.807) is 12.3 Å². The lowest BCUT2D eigenvalue weighted by Gasteiger charge is -2.18. The molecular weight excluding hydrogens is 308 g/mol. The number of nitrogens with two attached hydrogens (primary N) is 1. The molecule has 1 aromatic heterocycles. The van der Waals surface area contributed by atoms with Gasteiger partial charge in [-0.1, -0.05) is 36.4 Å². The summed E-state index contributed by atoms with van der Waals surface area (Å²) >= 11 is 0. The molecule has 7 nitrogen and oxygen atoms in total. The number of ether oxygens (including phenoxy) is 1. The number of hydrogen-bond acceptors (Lipinski definition) is 4. The van der Waals surface area contributed by atoms with Gasteiger partial charge in [-0.3, -0.25) is 4.79 Å². The van der Waals surface area contributed by atoms with E-state index in [-0.39, 0.29) is 18.9 Å². The second kappa shape index (κ2) is 8.52. The third kappa shape index (κ3) is 4.98. The molecule has 7 heteroatoms. The van der Waals surface area contributed by atoms with Crippen molar-refractivity contribution < 1.29 is 14.3 Å². The minimum absolute atomic E-state index is 0.0789. The predicted molar refractivity (Wildman–Crippen MR) is 89.2 cm³/mol. The molecule has 3 amide bonds. The lowest BCUT2D eigenvalue weighted by Crippen LogP contribution is -2.36. The van der Waals surface area contributed by atoms with E-state index in [1.165, 1.54) is 7.11 Å². The van der Waals surface area contributed by atoms with E-state index in [0.29, 0.717) is 5.88 Å². The van der Waals surface area contributed by atoms with E-state index < -0.39 is 12.1 Å². The molecule has 0 saturated heterocycles. The van der Waals surface area contributed by atoms with E-state index in [9.17, 15) is 9.59 Å². The van der Waals surface area contributed by atoms with Gasteiger partial charge in [-0.25, -0.2) is 9.78 Å². The first-order chi connectivity index (χ1) is 11.6. The lowest BCUT2D eigenvalue weighted by molar-refractivity contribution is -0.121. The van der Waals surface area contributed by atoms with E-state index in [4.69, 9.17) is 10.5 Å². The van der Waals surface area contributed by atoms with Gasteiger partial charge in [-0.2, -0.15) is 0 Å². The number of nitrogens with one attached hydrogen (secondary N) is 2. The van der Waals surface area contributed by atoms with Crippen LogP contribution in [0.2, 0.25) is 0 Å². The second-order valence-corrected chi connectivity index (χ2v) is 5.12. The Hall–Kier alpha value is -3.09. The molecular formula is C17H20N4O3. The molecule has 2 aromatic rings. The Morgan fingerprint density at radius 2 is 1.96 bits per heavy atom. The molecule has 1 aromatic carbocycles. The van der Waals surface area contributed by atoms with Gasteiger partial charge in [0, 0.05) is 18.3 Å². The third-order valence-corrected chi connectivity index (χ3v) is 3.43. The summed E-state index contributed by atoms with van der Waals surface area (Å²) in [5.41, 5.74) is 6.78. The fraction of sp³-hybridized carbons (Fsp3) is 0.235. The Kier molecular flexibility index (Phi) is 6.13. The Morgan fingerprint density at radius 3 is 2.62 bits per heavy atom. The third-order valence-electron chi connectivity index (χ3n) is 3.43. The molecule has 0 spiro atoms. The van der Waals surface area contributed by atoms with Crippen LogP contribution < -0.4 is 21.1 Å². The molecule has 1 atom stereocenters. The Balaban J connectivity index is 1.99. The quantitative estimate of drug-likeness (QED) is 0.716. The zero-order chi connectivity index (χ0) is 17.4. The molecule has 2 rings (SSSR count). The number of aromatic nitrogens is 1. The highest BCUT2D eigenvalue weighted by atomic mass is 16.5. The van der Waals surface area contributed by atoms with E-state index >= 15 is 0 Å². The van der Waals surface area contributed by atoms with Crippen LogP contribution in [-0.2, 0) is 11.3 Å². The number of pyridine rings is 1. The number of nitrogens with zero attached hydrogens (tertiary/aromatic N) is 1. The van der Waals surface area contributed by atoms with Crippen LogP contribution in [0.4, 0.5) is 4.79 Å². The first-order valence-electron chi connectivity index (χ1n) is 7.45. The number of benzene rings is 1. The summed E-state index contributed by atoms with van der Waals surface area (Å²) < 4.78 is 5.14. The number of primary amides is 1. The van der Waals surface area contributed by atoms with Gasteiger partial charge in [0.2, 0.25) is 11.8 Å². The van der Waals surface area contributed by atoms with Crippen LogP contribution >= 0.6 is 0 Å². The highest BCUT2D eigenvalue weighted by Gasteiger charge is 2.17. The lowest BCUT2D eigenvalue weighted by atomic mass is 10.0. The summed E-state index contributed by atoms with van der Waals surface area (Å²) in [5, 5.41) is 5.38. The van der Waals surface area contributed by atoms with Crippen molar-refractivity contribution in [3.8, 4) is 5.88 Å². The smallest absolute Gasteiger partial charge is 0.312 e. The van der Waals surface area contributed by atoms with Gasteiger partial charge >= 0.3 is 6.03 Å². The number of amides is 3. The van der Waals surface area contributed by atoms with Crippen LogP contribution in [0, 0.1) is 0 Å². The number of urea groups is 1. The summed E-state index contributed by atoms with van der Waals surface area (Å²) in [7, 11) is 1.52. The molecule has 126 valence electrons. The Morgan fingerprint density at radius 1 is 1.21 bits per heavy atom. The monoisotopic (exact) mass is 328 g/mol. The summed E-state index contributed by atoms with van der Waals surface area (Å²) in [6.07, 6.45) is 1.70. The maximum absolute atomic E-state index is 12.2. The van der Waals surface area contributed by atoms with Crippen LogP contribution in [0.5, 0.6) is 5.88 Å². The minimum Gasteiger partial charge on any atom is -0.481 e. The maximum atomic E-state index is 12.2. The van der Waals surface area contributed by atoms with Crippen LogP contribution in [0.25, 0.3) is 0 Å². The fourth-order valence-electron chi connectivity index (χ4n) is 2.30. The number of rotatable bonds is 7. The molecule has 0 aliphatic carbocycles. The standard InChI is InChI=1S/C17H20N4O3/c1-24-16-13(8-5-9-19-16)11-20-15(22)10-14(21-17(18)23)12-6-3-2-4-7-12/h2-9,14H,10-11H2,1H3,(H,20,22)(H3,18,21,23)/t14-/m1/s1. The van der Waals surface area contributed by atoms with Gasteiger partial charge in [0.05, 0.1) is 19.6 Å². The number of methoxy groups -OCH3 is 1. The summed E-state index contributed by atoms with van der Waals surface area (Å²) in [6, 6.07) is 11.6. The van der Waals surface area contributed by atoms with Crippen molar-refractivity contribution >= 4 is 11.9 Å². The fourth-order valence-corrected chi connectivity index (χ4v) is 2.30. The molecule has 0 saturated carbocycles. The van der Waals surface area contributed by atoms with E-state index in [1.807, 2.05) is 36.4 Å². The van der Waals surface area contributed by atoms with Crippen LogP contribution in [0.1, 0.15) is 23.6 Å². The van der Waals surface area contributed by atoms with Gasteiger partial charge in [-0.05, 0) is 11.6 Å². The van der Waals surface area contributed by atoms with Crippen molar-refractivity contribution in [2.75, 3.05) is 7.11 Å². The number of hydrogen-bond donors (Lipinski definition) is 3. The molecule has 0 radical (unpaired) electrons. The predicted octanol–water partition coefficient (Wildman–Crippen LogP) is 1.51. The van der Waals surface area contributed by atoms with Crippen LogP contribution in [0.3, 0.4) is 0 Å². The zero-order valence-corrected chi connectivity index (χ0v) is 13.4. The van der Waals surface area contributed by atoms with Crippen molar-refractivity contribution in [2.45, 2.75) is 19.0 Å². The molecule has 24 heavy (non-hydrogen) atoms. The van der Waals surface area contributed by atoms with Gasteiger partial charge in [0.15, 0.2) is 0 Å². The highest BCUT2D eigenvalue weighted by molar-refractivity contribution is 5.78. The summed E-state index contributed by atoms with van der Waals surface area (Å²) in [4.78, 5) is 27.5. The van der Waals surface area contributed by atoms with Crippen molar-refractivity contribution in [3.05, 3.63) is 59.8 Å². The average molecular weight is 328 g/mol. The van der Waals surface area contributed by atoms with Crippen molar-refractivity contribution in [2.24, 2.45) is 5.73 Å². The zero-order valence-electron chi connectivity index (χ0n) is 13.4. The van der Waals surface area contributed by atoms with E-state index in [0.717, 1.165) is 11.1 Å². The molecule has 1 heterocycles. The summed E-state index contributed by atoms with van der Waals surface area (Å²) in [6.45, 7) is 0.286. The Bertz CT molecular complexity index is 691. The van der Waals surface area contributed by atoms with Gasteiger partial charge in [0.25, 0.3) is 0 Å². The van der Waals surface area contributed by atoms with Crippen molar-refractivity contribution in [1.82, 2.24) is 15.6 Å². The second-order valence-electron chi connectivity index (χ2n) is 5.12. The topological polar surface area (TPSA) is 106 Å². The molecule has 0 bridgehead atoms. The number of carbonyl (C=O) groups excluding carboxylic acids is 2. The summed E-state index contributed by atoms with van der Waals surface area (Å²) in [5.74, 6) is 0.246. The van der Waals surface area contributed by atoms with Crippen molar-refractivity contribution in [1.29, 1.82) is 0 Å². The van der Waals surface area contributed by atoms with Gasteiger partial charge in [-0.15, -0.1) is 0 Å². The maximum Gasteiger partial charge on any atom is 0.312 e. The van der Waals surface area contributed by atoms with E-state index in [2.05, 4.69) is 15.6 Å². The number of carbonyl (C=O) groups is 2.